The van der Waals surface area contributed by atoms with Gasteiger partial charge >= 0.3 is 0 Å². The second kappa shape index (κ2) is 1.75. The predicted octanol–water partition coefficient (Wildman–Crippen LogP) is 0.480. The van der Waals surface area contributed by atoms with Crippen LogP contribution in [0.15, 0.2) is 5.10 Å². The largest absolute Gasteiger partial charge is 0.286 e. The first-order valence-electron chi connectivity index (χ1n) is 1.50. The minimum Gasteiger partial charge on any atom is -0.286 e. The van der Waals surface area contributed by atoms with Gasteiger partial charge in [-0.2, -0.15) is 5.10 Å². The number of rotatable bonds is 0. The molecule has 1 N–H and O–H groups in total. The Balaban J connectivity index is 2.32. The first-order valence-corrected chi connectivity index (χ1v) is 2.96. The molecule has 4 heteroatoms. The number of nitrogens with one attached hydrogen (secondary N) is 1. The zero-order valence-electron chi connectivity index (χ0n) is 2.96. The number of hydrogen-bond acceptors (Lipinski definition) is 4. The average molecular weight is 120 g/mol. The van der Waals surface area contributed by atoms with Crippen molar-refractivity contribution in [3.63, 3.8) is 0 Å². The molecular formula is C2H4N2S2. The van der Waals surface area contributed by atoms with E-state index in [0.29, 0.717) is 0 Å². The molecule has 1 rings (SSSR count). The van der Waals surface area contributed by atoms with Gasteiger partial charge in [-0.25, -0.2) is 0 Å². The van der Waals surface area contributed by atoms with Crippen LogP contribution in [-0.4, -0.2) is 10.3 Å². The van der Waals surface area contributed by atoms with Crippen LogP contribution in [0.4, 0.5) is 0 Å². The SMILES string of the molecule is SC1NN=CS1. The number of thioether (sulfide) groups is 1. The van der Waals surface area contributed by atoms with E-state index < -0.39 is 0 Å². The van der Waals surface area contributed by atoms with Crippen LogP contribution in [0, 0.1) is 0 Å². The van der Waals surface area contributed by atoms with Crippen molar-refractivity contribution in [2.24, 2.45) is 5.10 Å². The maximum absolute atomic E-state index is 4.02. The van der Waals surface area contributed by atoms with E-state index in [1.165, 1.54) is 0 Å². The number of hydrogen-bond donors (Lipinski definition) is 2. The van der Waals surface area contributed by atoms with Crippen molar-refractivity contribution in [2.45, 2.75) is 4.71 Å². The summed E-state index contributed by atoms with van der Waals surface area (Å²) < 4.78 is 0.185. The molecule has 34 valence electrons. The Morgan fingerprint density at radius 1 is 2.00 bits per heavy atom. The summed E-state index contributed by atoms with van der Waals surface area (Å²) in [5, 5.41) is 3.68. The lowest BCUT2D eigenvalue weighted by molar-refractivity contribution is 0.863. The molecule has 0 radical (unpaired) electrons. The first-order chi connectivity index (χ1) is 2.89. The predicted molar refractivity (Wildman–Crippen MR) is 32.0 cm³/mol. The molecule has 0 amide bonds. The van der Waals surface area contributed by atoms with E-state index in [9.17, 15) is 0 Å². The second-order valence-corrected chi connectivity index (χ2v) is 2.67. The summed E-state index contributed by atoms with van der Waals surface area (Å²) in [4.78, 5) is 0. The highest BCUT2D eigenvalue weighted by Gasteiger charge is 2.01. The van der Waals surface area contributed by atoms with Gasteiger partial charge in [-0.3, -0.25) is 5.43 Å². The van der Waals surface area contributed by atoms with Crippen molar-refractivity contribution in [1.29, 1.82) is 0 Å². The molecule has 0 spiro atoms. The monoisotopic (exact) mass is 120 g/mol. The molecule has 1 heterocycles. The molecule has 0 aromatic heterocycles. The molecule has 0 aromatic rings. The molecule has 2 nitrogen and oxygen atoms in total. The minimum absolute atomic E-state index is 0.185. The van der Waals surface area contributed by atoms with E-state index in [1.807, 2.05) is 0 Å². The van der Waals surface area contributed by atoms with Gasteiger partial charge in [-0.05, 0) is 0 Å². The minimum atomic E-state index is 0.185. The van der Waals surface area contributed by atoms with Crippen molar-refractivity contribution in [2.75, 3.05) is 0 Å². The summed E-state index contributed by atoms with van der Waals surface area (Å²) in [6, 6.07) is 0. The molecule has 0 aromatic carbocycles. The Morgan fingerprint density at radius 3 is 3.00 bits per heavy atom. The summed E-state index contributed by atoms with van der Waals surface area (Å²) >= 11 is 5.58. The zero-order chi connectivity index (χ0) is 4.41. The van der Waals surface area contributed by atoms with E-state index in [1.54, 1.807) is 17.3 Å². The third kappa shape index (κ3) is 0.815. The summed E-state index contributed by atoms with van der Waals surface area (Å²) in [7, 11) is 0. The van der Waals surface area contributed by atoms with Crippen molar-refractivity contribution in [1.82, 2.24) is 5.43 Å². The van der Waals surface area contributed by atoms with E-state index in [-0.39, 0.29) is 4.71 Å². The zero-order valence-corrected chi connectivity index (χ0v) is 4.67. The highest BCUT2D eigenvalue weighted by molar-refractivity contribution is 8.19. The highest BCUT2D eigenvalue weighted by Crippen LogP contribution is 2.11. The molecular weight excluding hydrogens is 116 g/mol. The van der Waals surface area contributed by atoms with Crippen LogP contribution in [0.5, 0.6) is 0 Å². The van der Waals surface area contributed by atoms with Gasteiger partial charge in [-0.15, -0.1) is 12.6 Å². The van der Waals surface area contributed by atoms with E-state index >= 15 is 0 Å². The van der Waals surface area contributed by atoms with Gasteiger partial charge in [-0.1, -0.05) is 11.8 Å². The number of thiol groups is 1. The molecule has 0 bridgehead atoms. The molecule has 1 atom stereocenters. The maximum Gasteiger partial charge on any atom is 0.138 e. The molecule has 1 aliphatic rings. The number of nitrogens with zero attached hydrogens (tertiary/aromatic N) is 1. The van der Waals surface area contributed by atoms with Crippen LogP contribution in [0.25, 0.3) is 0 Å². The summed E-state index contributed by atoms with van der Waals surface area (Å²) in [6.45, 7) is 0. The van der Waals surface area contributed by atoms with Crippen LogP contribution in [0.1, 0.15) is 0 Å². The Hall–Kier alpha value is 0.170. The van der Waals surface area contributed by atoms with Gasteiger partial charge in [0.1, 0.15) is 4.71 Å². The Kier molecular flexibility index (Phi) is 1.26. The van der Waals surface area contributed by atoms with Crippen LogP contribution < -0.4 is 5.43 Å². The van der Waals surface area contributed by atoms with Crippen molar-refractivity contribution < 1.29 is 0 Å². The van der Waals surface area contributed by atoms with Crippen molar-refractivity contribution in [3.05, 3.63) is 0 Å². The van der Waals surface area contributed by atoms with Crippen molar-refractivity contribution >= 4 is 29.9 Å². The van der Waals surface area contributed by atoms with Crippen LogP contribution in [-0.2, 0) is 0 Å². The van der Waals surface area contributed by atoms with Crippen LogP contribution >= 0.6 is 24.4 Å². The summed E-state index contributed by atoms with van der Waals surface area (Å²) in [5.74, 6) is 0. The standard InChI is InChI=1S/C2H4N2S2/c5-2-4-3-1-6-2/h1-2,4-5H. The Labute approximate surface area is 45.8 Å². The van der Waals surface area contributed by atoms with Crippen LogP contribution in [0.3, 0.4) is 0 Å². The van der Waals surface area contributed by atoms with E-state index in [4.69, 9.17) is 0 Å². The second-order valence-electron chi connectivity index (χ2n) is 0.852. The van der Waals surface area contributed by atoms with Gasteiger partial charge < -0.3 is 0 Å². The fraction of sp³-hybridized carbons (Fsp3) is 0.500. The number of hydrazone groups is 1. The lowest BCUT2D eigenvalue weighted by Gasteiger charge is -1.92. The van der Waals surface area contributed by atoms with Gasteiger partial charge in [0.25, 0.3) is 0 Å². The lowest BCUT2D eigenvalue weighted by atomic mass is 11.4. The summed E-state index contributed by atoms with van der Waals surface area (Å²) in [5.41, 5.74) is 4.45. The quantitative estimate of drug-likeness (QED) is 0.454. The fourth-order valence-electron chi connectivity index (χ4n) is 0.213. The molecule has 0 saturated carbocycles. The molecule has 1 unspecified atom stereocenters. The lowest BCUT2D eigenvalue weighted by Crippen LogP contribution is -2.06. The van der Waals surface area contributed by atoms with E-state index in [0.717, 1.165) is 0 Å². The van der Waals surface area contributed by atoms with Gasteiger partial charge in [0, 0.05) is 0 Å². The first kappa shape index (κ1) is 4.33. The Morgan fingerprint density at radius 2 is 2.83 bits per heavy atom. The van der Waals surface area contributed by atoms with Crippen molar-refractivity contribution in [3.8, 4) is 0 Å². The van der Waals surface area contributed by atoms with Gasteiger partial charge in [0.2, 0.25) is 0 Å². The third-order valence-electron chi connectivity index (χ3n) is 0.427. The molecule has 1 aliphatic heterocycles. The third-order valence-corrected chi connectivity index (χ3v) is 1.50. The van der Waals surface area contributed by atoms with Crippen LogP contribution in [0.2, 0.25) is 0 Å². The van der Waals surface area contributed by atoms with Gasteiger partial charge in [0.15, 0.2) is 0 Å². The normalized spacial score (nSPS) is 30.5. The molecule has 6 heavy (non-hydrogen) atoms. The molecule has 0 fully saturated rings. The summed E-state index contributed by atoms with van der Waals surface area (Å²) in [6.07, 6.45) is 0. The molecule has 0 saturated heterocycles. The van der Waals surface area contributed by atoms with E-state index in [2.05, 4.69) is 23.2 Å². The molecule has 0 aliphatic carbocycles. The topological polar surface area (TPSA) is 24.4 Å². The average Bonchev–Trinajstić information content (AvgIpc) is 1.86. The Bertz CT molecular complexity index is 63.9. The fourth-order valence-corrected chi connectivity index (χ4v) is 0.801. The highest BCUT2D eigenvalue weighted by atomic mass is 32.2. The maximum atomic E-state index is 4.02. The smallest absolute Gasteiger partial charge is 0.138 e. The van der Waals surface area contributed by atoms with Gasteiger partial charge in [0.05, 0.1) is 5.55 Å².